The summed E-state index contributed by atoms with van der Waals surface area (Å²) >= 11 is 0. The number of allylic oxidation sites excluding steroid dienone is 2. The Balaban J connectivity index is 1.63. The summed E-state index contributed by atoms with van der Waals surface area (Å²) in [6.45, 7) is 18.6. The van der Waals surface area contributed by atoms with Crippen molar-refractivity contribution in [1.29, 1.82) is 0 Å². The number of carbonyl (C=O) groups excluding carboxylic acids is 2. The van der Waals surface area contributed by atoms with E-state index >= 15 is 0 Å². The first kappa shape index (κ1) is 30.3. The SMILES string of the molecule is CC[C@@]12CC[C@]3(C)C(=CCc4c3cc(OC(C)=O)c(OC(C)=O)c4C)[C@@]1(C)CC[C@@]1(C)CC[C@@](C)(CN(C)C)C[C@H]12. The van der Waals surface area contributed by atoms with Crippen molar-refractivity contribution in [2.75, 3.05) is 20.6 Å². The Morgan fingerprint density at radius 3 is 2.22 bits per heavy atom. The molecule has 5 rings (SSSR count). The average molecular weight is 564 g/mol. The van der Waals surface area contributed by atoms with E-state index in [-0.39, 0.29) is 16.2 Å². The summed E-state index contributed by atoms with van der Waals surface area (Å²) in [7, 11) is 4.46. The van der Waals surface area contributed by atoms with Gasteiger partial charge in [-0.3, -0.25) is 9.59 Å². The van der Waals surface area contributed by atoms with Crippen molar-refractivity contribution in [3.63, 3.8) is 0 Å². The molecule has 0 saturated heterocycles. The van der Waals surface area contributed by atoms with Crippen LogP contribution in [0.25, 0.3) is 0 Å². The number of rotatable bonds is 5. The first-order valence-corrected chi connectivity index (χ1v) is 15.9. The lowest BCUT2D eigenvalue weighted by Gasteiger charge is -2.71. The van der Waals surface area contributed by atoms with Gasteiger partial charge in [0.25, 0.3) is 0 Å². The molecule has 5 heteroatoms. The molecule has 226 valence electrons. The summed E-state index contributed by atoms with van der Waals surface area (Å²) in [5, 5.41) is 0. The van der Waals surface area contributed by atoms with Gasteiger partial charge in [-0.25, -0.2) is 0 Å². The molecular formula is C36H53NO4. The Labute approximate surface area is 248 Å². The second-order valence-electron chi connectivity index (χ2n) is 15.5. The third kappa shape index (κ3) is 4.51. The summed E-state index contributed by atoms with van der Waals surface area (Å²) in [6, 6.07) is 2.03. The summed E-state index contributed by atoms with van der Waals surface area (Å²) in [5.74, 6) is 0.643. The Hall–Kier alpha value is -2.14. The lowest BCUT2D eigenvalue weighted by molar-refractivity contribution is -0.171. The minimum atomic E-state index is -0.406. The van der Waals surface area contributed by atoms with Gasteiger partial charge in [0, 0.05) is 25.8 Å². The van der Waals surface area contributed by atoms with E-state index in [1.54, 1.807) is 5.57 Å². The molecule has 0 aromatic heterocycles. The largest absolute Gasteiger partial charge is 0.423 e. The number of hydrogen-bond acceptors (Lipinski definition) is 5. The van der Waals surface area contributed by atoms with Gasteiger partial charge in [0.1, 0.15) is 0 Å². The number of hydrogen-bond donors (Lipinski definition) is 0. The second kappa shape index (κ2) is 9.96. The first-order chi connectivity index (χ1) is 19.0. The normalized spacial score (nSPS) is 37.7. The third-order valence-electron chi connectivity index (χ3n) is 12.6. The number of carbonyl (C=O) groups is 2. The van der Waals surface area contributed by atoms with E-state index in [4.69, 9.17) is 9.47 Å². The fraction of sp³-hybridized carbons (Fsp3) is 0.722. The number of fused-ring (bicyclic) bond motifs is 7. The van der Waals surface area contributed by atoms with E-state index in [9.17, 15) is 9.59 Å². The van der Waals surface area contributed by atoms with Crippen molar-refractivity contribution in [3.05, 3.63) is 34.4 Å². The maximum absolute atomic E-state index is 12.1. The Kier molecular flexibility index (Phi) is 7.37. The van der Waals surface area contributed by atoms with Gasteiger partial charge in [-0.05, 0) is 129 Å². The summed E-state index contributed by atoms with van der Waals surface area (Å²) in [4.78, 5) is 26.5. The van der Waals surface area contributed by atoms with Crippen LogP contribution in [0.3, 0.4) is 0 Å². The Bertz CT molecular complexity index is 1300. The summed E-state index contributed by atoms with van der Waals surface area (Å²) < 4.78 is 11.3. The summed E-state index contributed by atoms with van der Waals surface area (Å²) in [5.41, 5.74) is 5.95. The molecule has 3 saturated carbocycles. The molecule has 6 atom stereocenters. The van der Waals surface area contributed by atoms with Crippen LogP contribution in [0, 0.1) is 34.5 Å². The number of esters is 2. The quantitative estimate of drug-likeness (QED) is 0.207. The van der Waals surface area contributed by atoms with Gasteiger partial charge in [0.05, 0.1) is 0 Å². The van der Waals surface area contributed by atoms with Crippen LogP contribution < -0.4 is 9.47 Å². The Morgan fingerprint density at radius 2 is 1.61 bits per heavy atom. The molecule has 5 nitrogen and oxygen atoms in total. The molecule has 0 bridgehead atoms. The minimum Gasteiger partial charge on any atom is -0.423 e. The number of benzene rings is 1. The van der Waals surface area contributed by atoms with E-state index in [2.05, 4.69) is 59.7 Å². The average Bonchev–Trinajstić information content (AvgIpc) is 2.87. The van der Waals surface area contributed by atoms with Crippen molar-refractivity contribution < 1.29 is 19.1 Å². The van der Waals surface area contributed by atoms with Crippen molar-refractivity contribution in [2.24, 2.45) is 27.6 Å². The van der Waals surface area contributed by atoms with Gasteiger partial charge < -0.3 is 14.4 Å². The monoisotopic (exact) mass is 563 g/mol. The van der Waals surface area contributed by atoms with Gasteiger partial charge >= 0.3 is 11.9 Å². The van der Waals surface area contributed by atoms with Crippen LogP contribution >= 0.6 is 0 Å². The zero-order valence-electron chi connectivity index (χ0n) is 27.4. The highest BCUT2D eigenvalue weighted by Gasteiger charge is 2.67. The molecule has 0 aliphatic heterocycles. The molecule has 0 heterocycles. The lowest BCUT2D eigenvalue weighted by atomic mass is 9.33. The molecule has 0 radical (unpaired) electrons. The molecule has 41 heavy (non-hydrogen) atoms. The maximum Gasteiger partial charge on any atom is 0.308 e. The van der Waals surface area contributed by atoms with Gasteiger partial charge in [-0.2, -0.15) is 0 Å². The maximum atomic E-state index is 12.1. The van der Waals surface area contributed by atoms with Crippen LogP contribution in [0.2, 0.25) is 0 Å². The lowest BCUT2D eigenvalue weighted by Crippen LogP contribution is -2.63. The first-order valence-electron chi connectivity index (χ1n) is 15.9. The van der Waals surface area contributed by atoms with Crippen molar-refractivity contribution in [2.45, 2.75) is 119 Å². The highest BCUT2D eigenvalue weighted by atomic mass is 16.6. The fourth-order valence-electron chi connectivity index (χ4n) is 10.7. The van der Waals surface area contributed by atoms with Crippen LogP contribution in [-0.2, 0) is 21.4 Å². The molecule has 3 fully saturated rings. The molecule has 0 unspecified atom stereocenters. The number of nitrogens with zero attached hydrogens (tertiary/aromatic N) is 1. The standard InChI is InChI=1S/C36H53NO4/c1-11-36-19-17-34(7)27-20-28(40-24(3)38)31(41-25(4)39)23(2)26(27)12-13-29(34)35(36,8)18-16-33(6)15-14-32(5,21-30(33)36)22-37(9)10/h13,20,30H,11-12,14-19,21-22H2,1-10H3/t30-,32-,33-,34+,35-,36+/m1/s1. The van der Waals surface area contributed by atoms with Crippen molar-refractivity contribution in [1.82, 2.24) is 4.90 Å². The predicted molar refractivity (Wildman–Crippen MR) is 164 cm³/mol. The highest BCUT2D eigenvalue weighted by Crippen LogP contribution is 2.75. The van der Waals surface area contributed by atoms with Crippen LogP contribution in [0.5, 0.6) is 11.5 Å². The topological polar surface area (TPSA) is 55.8 Å². The van der Waals surface area contributed by atoms with Gasteiger partial charge in [0.2, 0.25) is 0 Å². The van der Waals surface area contributed by atoms with E-state index in [0.717, 1.165) is 24.9 Å². The number of ether oxygens (including phenoxy) is 2. The van der Waals surface area contributed by atoms with Crippen LogP contribution in [0.15, 0.2) is 17.7 Å². The zero-order valence-corrected chi connectivity index (χ0v) is 27.4. The second-order valence-corrected chi connectivity index (χ2v) is 15.5. The van der Waals surface area contributed by atoms with Gasteiger partial charge in [-0.15, -0.1) is 0 Å². The molecular weight excluding hydrogens is 510 g/mol. The van der Waals surface area contributed by atoms with E-state index in [1.807, 2.05) is 13.0 Å². The van der Waals surface area contributed by atoms with Crippen LogP contribution in [0.4, 0.5) is 0 Å². The van der Waals surface area contributed by atoms with E-state index in [1.165, 1.54) is 69.9 Å². The molecule has 4 aliphatic rings. The van der Waals surface area contributed by atoms with Gasteiger partial charge in [-0.1, -0.05) is 46.3 Å². The van der Waals surface area contributed by atoms with Gasteiger partial charge in [0.15, 0.2) is 11.5 Å². The molecule has 1 aromatic carbocycles. The van der Waals surface area contributed by atoms with Crippen molar-refractivity contribution >= 4 is 11.9 Å². The third-order valence-corrected chi connectivity index (χ3v) is 12.6. The predicted octanol–water partition coefficient (Wildman–Crippen LogP) is 7.95. The van der Waals surface area contributed by atoms with Crippen LogP contribution in [-0.4, -0.2) is 37.5 Å². The van der Waals surface area contributed by atoms with E-state index in [0.29, 0.717) is 28.2 Å². The summed E-state index contributed by atoms with van der Waals surface area (Å²) in [6.07, 6.45) is 13.4. The smallest absolute Gasteiger partial charge is 0.308 e. The highest BCUT2D eigenvalue weighted by molar-refractivity contribution is 5.76. The molecule has 0 spiro atoms. The Morgan fingerprint density at radius 1 is 0.951 bits per heavy atom. The van der Waals surface area contributed by atoms with Crippen molar-refractivity contribution in [3.8, 4) is 11.5 Å². The minimum absolute atomic E-state index is 0.108. The van der Waals surface area contributed by atoms with E-state index < -0.39 is 11.9 Å². The molecule has 0 N–H and O–H groups in total. The zero-order chi connectivity index (χ0) is 30.2. The molecule has 1 aromatic rings. The molecule has 4 aliphatic carbocycles. The fourth-order valence-corrected chi connectivity index (χ4v) is 10.7. The molecule has 0 amide bonds. The van der Waals surface area contributed by atoms with Crippen LogP contribution in [0.1, 0.15) is 117 Å².